The molecule has 19 heavy (non-hydrogen) atoms. The van der Waals surface area contributed by atoms with E-state index in [9.17, 15) is 8.42 Å². The van der Waals surface area contributed by atoms with Crippen LogP contribution in [0.2, 0.25) is 0 Å². The van der Waals surface area contributed by atoms with Crippen LogP contribution in [0.25, 0.3) is 0 Å². The van der Waals surface area contributed by atoms with Crippen LogP contribution in [-0.2, 0) is 10.2 Å². The van der Waals surface area contributed by atoms with Crippen LogP contribution in [0.3, 0.4) is 0 Å². The van der Waals surface area contributed by atoms with Crippen LogP contribution in [0.1, 0.15) is 39.0 Å². The predicted molar refractivity (Wildman–Crippen MR) is 77.1 cm³/mol. The van der Waals surface area contributed by atoms with Gasteiger partial charge in [-0.05, 0) is 39.2 Å². The predicted octanol–water partition coefficient (Wildman–Crippen LogP) is 1.00. The molecule has 0 aromatic heterocycles. The van der Waals surface area contributed by atoms with E-state index >= 15 is 0 Å². The minimum atomic E-state index is -3.29. The zero-order valence-electron chi connectivity index (χ0n) is 11.7. The summed E-state index contributed by atoms with van der Waals surface area (Å²) in [5.74, 6) is 0. The third kappa shape index (κ3) is 4.27. The van der Waals surface area contributed by atoms with Gasteiger partial charge in [0, 0.05) is 25.7 Å². The first-order chi connectivity index (χ1) is 9.09. The molecule has 0 radical (unpaired) electrons. The van der Waals surface area contributed by atoms with Crippen LogP contribution in [0.5, 0.6) is 0 Å². The average molecular weight is 287 g/mol. The zero-order valence-corrected chi connectivity index (χ0v) is 12.5. The van der Waals surface area contributed by atoms with E-state index in [1.54, 1.807) is 4.31 Å². The molecule has 0 aromatic rings. The normalized spacial score (nSPS) is 26.2. The zero-order chi connectivity index (χ0) is 13.7. The van der Waals surface area contributed by atoms with Crippen molar-refractivity contribution < 1.29 is 8.42 Å². The van der Waals surface area contributed by atoms with Crippen molar-refractivity contribution in [2.75, 3.05) is 26.2 Å². The van der Waals surface area contributed by atoms with Crippen molar-refractivity contribution >= 4 is 10.2 Å². The van der Waals surface area contributed by atoms with E-state index in [1.165, 1.54) is 5.57 Å². The fourth-order valence-electron chi connectivity index (χ4n) is 2.75. The van der Waals surface area contributed by atoms with Gasteiger partial charge in [-0.2, -0.15) is 12.7 Å². The summed E-state index contributed by atoms with van der Waals surface area (Å²) in [6, 6.07) is 0.129. The summed E-state index contributed by atoms with van der Waals surface area (Å²) in [5.41, 5.74) is 1.35. The maximum atomic E-state index is 12.2. The largest absolute Gasteiger partial charge is 0.313 e. The topological polar surface area (TPSA) is 61.4 Å². The van der Waals surface area contributed by atoms with E-state index in [0.29, 0.717) is 13.1 Å². The second-order valence-electron chi connectivity index (χ2n) is 5.42. The van der Waals surface area contributed by atoms with Crippen molar-refractivity contribution in [2.24, 2.45) is 0 Å². The Labute approximate surface area is 116 Å². The van der Waals surface area contributed by atoms with Crippen LogP contribution in [0, 0.1) is 0 Å². The fraction of sp³-hybridized carbons (Fsp3) is 0.846. The molecule has 0 aliphatic carbocycles. The van der Waals surface area contributed by atoms with Gasteiger partial charge >= 0.3 is 0 Å². The highest BCUT2D eigenvalue weighted by atomic mass is 32.2. The van der Waals surface area contributed by atoms with Gasteiger partial charge < -0.3 is 5.32 Å². The van der Waals surface area contributed by atoms with Crippen molar-refractivity contribution in [1.29, 1.82) is 0 Å². The summed E-state index contributed by atoms with van der Waals surface area (Å²) >= 11 is 0. The van der Waals surface area contributed by atoms with E-state index in [2.05, 4.69) is 16.1 Å². The summed E-state index contributed by atoms with van der Waals surface area (Å²) in [4.78, 5) is 0. The van der Waals surface area contributed by atoms with Crippen molar-refractivity contribution in [3.63, 3.8) is 0 Å². The molecule has 1 unspecified atom stereocenters. The molecule has 2 N–H and O–H groups in total. The van der Waals surface area contributed by atoms with Crippen LogP contribution in [0.4, 0.5) is 0 Å². The lowest BCUT2D eigenvalue weighted by Gasteiger charge is -2.32. The molecule has 0 bridgehead atoms. The fourth-order valence-corrected chi connectivity index (χ4v) is 4.22. The summed E-state index contributed by atoms with van der Waals surface area (Å²) in [5, 5.41) is 3.26. The molecule has 0 amide bonds. The van der Waals surface area contributed by atoms with Crippen molar-refractivity contribution in [3.05, 3.63) is 11.6 Å². The van der Waals surface area contributed by atoms with E-state index in [0.717, 1.165) is 45.2 Å². The van der Waals surface area contributed by atoms with Gasteiger partial charge in [0.2, 0.25) is 0 Å². The monoisotopic (exact) mass is 287 g/mol. The molecule has 110 valence electrons. The summed E-state index contributed by atoms with van der Waals surface area (Å²) in [7, 11) is -3.29. The van der Waals surface area contributed by atoms with Gasteiger partial charge in [-0.15, -0.1) is 0 Å². The Morgan fingerprint density at radius 2 is 2.32 bits per heavy atom. The quantitative estimate of drug-likeness (QED) is 0.742. The van der Waals surface area contributed by atoms with E-state index in [-0.39, 0.29) is 6.04 Å². The number of piperidine rings is 1. The highest BCUT2D eigenvalue weighted by Gasteiger charge is 2.28. The second-order valence-corrected chi connectivity index (χ2v) is 7.13. The lowest BCUT2D eigenvalue weighted by Crippen LogP contribution is -2.48. The number of hydrogen-bond acceptors (Lipinski definition) is 3. The first-order valence-corrected chi connectivity index (χ1v) is 8.68. The molecule has 1 saturated heterocycles. The average Bonchev–Trinajstić information content (AvgIpc) is 2.40. The minimum absolute atomic E-state index is 0.129. The summed E-state index contributed by atoms with van der Waals surface area (Å²) in [6.45, 7) is 5.07. The minimum Gasteiger partial charge on any atom is -0.313 e. The Morgan fingerprint density at radius 3 is 3.00 bits per heavy atom. The van der Waals surface area contributed by atoms with Crippen LogP contribution < -0.4 is 10.0 Å². The van der Waals surface area contributed by atoms with Gasteiger partial charge in [0.15, 0.2) is 0 Å². The van der Waals surface area contributed by atoms with E-state index in [1.807, 2.05) is 6.92 Å². The Morgan fingerprint density at radius 1 is 1.47 bits per heavy atom. The first-order valence-electron chi connectivity index (χ1n) is 7.24. The summed E-state index contributed by atoms with van der Waals surface area (Å²) in [6.07, 6.45) is 7.10. The van der Waals surface area contributed by atoms with Crippen LogP contribution in [0.15, 0.2) is 11.6 Å². The Hall–Kier alpha value is -0.430. The van der Waals surface area contributed by atoms with Gasteiger partial charge in [-0.25, -0.2) is 4.72 Å². The lowest BCUT2D eigenvalue weighted by molar-refractivity contribution is 0.265. The van der Waals surface area contributed by atoms with Gasteiger partial charge in [0.25, 0.3) is 10.2 Å². The molecule has 2 heterocycles. The van der Waals surface area contributed by atoms with Gasteiger partial charge in [0.05, 0.1) is 0 Å². The molecular weight excluding hydrogens is 262 g/mol. The Bertz CT molecular complexity index is 420. The smallest absolute Gasteiger partial charge is 0.279 e. The highest BCUT2D eigenvalue weighted by molar-refractivity contribution is 7.87. The molecule has 2 aliphatic rings. The van der Waals surface area contributed by atoms with E-state index in [4.69, 9.17) is 0 Å². The molecule has 5 nitrogen and oxygen atoms in total. The van der Waals surface area contributed by atoms with Crippen LogP contribution >= 0.6 is 0 Å². The Balaban J connectivity index is 1.81. The van der Waals surface area contributed by atoms with Crippen molar-refractivity contribution in [2.45, 2.75) is 45.1 Å². The maximum absolute atomic E-state index is 12.2. The van der Waals surface area contributed by atoms with Crippen molar-refractivity contribution in [3.8, 4) is 0 Å². The highest BCUT2D eigenvalue weighted by Crippen LogP contribution is 2.19. The van der Waals surface area contributed by atoms with Gasteiger partial charge in [-0.1, -0.05) is 18.1 Å². The van der Waals surface area contributed by atoms with E-state index < -0.39 is 10.2 Å². The number of nitrogens with one attached hydrogen (secondary N) is 2. The third-order valence-electron chi connectivity index (χ3n) is 3.94. The molecule has 2 rings (SSSR count). The number of hydrogen-bond donors (Lipinski definition) is 2. The van der Waals surface area contributed by atoms with Crippen LogP contribution in [-0.4, -0.2) is 44.9 Å². The SMILES string of the molecule is CC1CCCCN1S(=O)(=O)NCCC1=CCNCC1. The number of nitrogens with zero attached hydrogens (tertiary/aromatic N) is 1. The molecule has 0 saturated carbocycles. The molecular formula is C13H25N3O2S. The van der Waals surface area contributed by atoms with Gasteiger partial charge in [-0.3, -0.25) is 0 Å². The third-order valence-corrected chi connectivity index (χ3v) is 5.67. The van der Waals surface area contributed by atoms with Gasteiger partial charge in [0.1, 0.15) is 0 Å². The molecule has 0 spiro atoms. The Kier molecular flexibility index (Phi) is 5.38. The maximum Gasteiger partial charge on any atom is 0.279 e. The second kappa shape index (κ2) is 6.83. The molecule has 0 aromatic carbocycles. The summed E-state index contributed by atoms with van der Waals surface area (Å²) < 4.78 is 28.8. The molecule has 1 atom stereocenters. The lowest BCUT2D eigenvalue weighted by atomic mass is 10.1. The molecule has 1 fully saturated rings. The number of rotatable bonds is 5. The standard InChI is InChI=1S/C13H25N3O2S/c1-12-4-2-3-11-16(12)19(17,18)15-10-7-13-5-8-14-9-6-13/h5,12,14-15H,2-4,6-11H2,1H3. The van der Waals surface area contributed by atoms with Crippen molar-refractivity contribution in [1.82, 2.24) is 14.3 Å². The molecule has 6 heteroatoms. The molecule has 2 aliphatic heterocycles. The first kappa shape index (κ1) is 15.0.